The van der Waals surface area contributed by atoms with Gasteiger partial charge >= 0.3 is 6.18 Å². The largest absolute Gasteiger partial charge is 0.417 e. The van der Waals surface area contributed by atoms with Crippen LogP contribution in [-0.2, 0) is 18.1 Å². The molecule has 0 fully saturated rings. The number of hydrogen-bond donors (Lipinski definition) is 0. The van der Waals surface area contributed by atoms with Crippen molar-refractivity contribution in [2.24, 2.45) is 0 Å². The van der Waals surface area contributed by atoms with Gasteiger partial charge in [0.05, 0.1) is 22.3 Å². The van der Waals surface area contributed by atoms with Crippen LogP contribution in [0.2, 0.25) is 0 Å². The first-order valence-corrected chi connectivity index (χ1v) is 15.2. The van der Waals surface area contributed by atoms with Crippen molar-refractivity contribution in [1.29, 1.82) is 0 Å². The molecule has 5 nitrogen and oxygen atoms in total. The summed E-state index contributed by atoms with van der Waals surface area (Å²) in [6, 6.07) is 22.7. The summed E-state index contributed by atoms with van der Waals surface area (Å²) in [7, 11) is 0. The van der Waals surface area contributed by atoms with Gasteiger partial charge < -0.3 is 0 Å². The SMILES string of the molecule is Cc1cc(Cn2c(=O)/c(=C/c3cccc(C)c3C(F)(F)F)s/c2=C\C(=O)c2ccc(C(C)(C)C)cc2)nc(-c2ccccc2)n1. The summed E-state index contributed by atoms with van der Waals surface area (Å²) in [4.78, 5) is 36.5. The van der Waals surface area contributed by atoms with Gasteiger partial charge in [0, 0.05) is 22.9 Å². The molecule has 45 heavy (non-hydrogen) atoms. The molecule has 5 rings (SSSR count). The number of benzene rings is 3. The van der Waals surface area contributed by atoms with Gasteiger partial charge in [0.25, 0.3) is 5.56 Å². The van der Waals surface area contributed by atoms with Crippen LogP contribution in [0.1, 0.15) is 64.8 Å². The Kier molecular flexibility index (Phi) is 8.76. The quantitative estimate of drug-likeness (QED) is 0.194. The van der Waals surface area contributed by atoms with Gasteiger partial charge in [0.1, 0.15) is 4.66 Å². The van der Waals surface area contributed by atoms with E-state index < -0.39 is 17.3 Å². The van der Waals surface area contributed by atoms with Crippen LogP contribution in [-0.4, -0.2) is 20.3 Å². The maximum absolute atomic E-state index is 14.0. The molecule has 5 aromatic rings. The molecule has 0 atom stereocenters. The number of aromatic nitrogens is 3. The molecule has 230 valence electrons. The lowest BCUT2D eigenvalue weighted by Gasteiger charge is -2.18. The summed E-state index contributed by atoms with van der Waals surface area (Å²) in [5.74, 6) is 0.156. The first-order chi connectivity index (χ1) is 21.2. The molecule has 2 heterocycles. The molecule has 0 saturated heterocycles. The molecule has 0 aliphatic heterocycles. The number of hydrogen-bond acceptors (Lipinski definition) is 5. The normalized spacial score (nSPS) is 13.0. The Hall–Kier alpha value is -4.63. The Labute approximate surface area is 263 Å². The fraction of sp³-hybridized carbons (Fsp3) is 0.222. The van der Waals surface area contributed by atoms with Crippen molar-refractivity contribution in [3.8, 4) is 11.4 Å². The number of carbonyl (C=O) groups excluding carboxylic acids is 1. The van der Waals surface area contributed by atoms with E-state index in [1.165, 1.54) is 41.8 Å². The van der Waals surface area contributed by atoms with Gasteiger partial charge in [0.15, 0.2) is 11.6 Å². The predicted octanol–water partition coefficient (Wildman–Crippen LogP) is 6.84. The molecule has 0 N–H and O–H groups in total. The molecule has 0 unspecified atom stereocenters. The fourth-order valence-electron chi connectivity index (χ4n) is 5.06. The van der Waals surface area contributed by atoms with Crippen molar-refractivity contribution < 1.29 is 18.0 Å². The first kappa shape index (κ1) is 31.8. The molecule has 0 spiro atoms. The Morgan fingerprint density at radius 3 is 2.24 bits per heavy atom. The number of carbonyl (C=O) groups is 1. The molecule has 3 aromatic carbocycles. The van der Waals surface area contributed by atoms with Crippen LogP contribution >= 0.6 is 11.3 Å². The summed E-state index contributed by atoms with van der Waals surface area (Å²) < 4.78 is 43.7. The highest BCUT2D eigenvalue weighted by Gasteiger charge is 2.34. The highest BCUT2D eigenvalue weighted by atomic mass is 32.1. The van der Waals surface area contributed by atoms with Gasteiger partial charge in [-0.1, -0.05) is 93.6 Å². The van der Waals surface area contributed by atoms with Gasteiger partial charge in [-0.15, -0.1) is 11.3 Å². The topological polar surface area (TPSA) is 64.8 Å². The second kappa shape index (κ2) is 12.4. The lowest BCUT2D eigenvalue weighted by molar-refractivity contribution is -0.138. The predicted molar refractivity (Wildman–Crippen MR) is 173 cm³/mol. The van der Waals surface area contributed by atoms with Crippen LogP contribution in [0.5, 0.6) is 0 Å². The Morgan fingerprint density at radius 1 is 0.911 bits per heavy atom. The molecular weight excluding hydrogens is 595 g/mol. The van der Waals surface area contributed by atoms with E-state index in [-0.39, 0.29) is 33.4 Å². The van der Waals surface area contributed by atoms with E-state index in [2.05, 4.69) is 30.7 Å². The summed E-state index contributed by atoms with van der Waals surface area (Å²) in [6.45, 7) is 9.44. The minimum Gasteiger partial charge on any atom is -0.293 e. The molecule has 0 radical (unpaired) electrons. The van der Waals surface area contributed by atoms with E-state index in [0.717, 1.165) is 22.5 Å². The highest BCUT2D eigenvalue weighted by molar-refractivity contribution is 7.07. The third kappa shape index (κ3) is 7.20. The van der Waals surface area contributed by atoms with E-state index in [0.29, 0.717) is 27.4 Å². The van der Waals surface area contributed by atoms with Crippen LogP contribution in [0.25, 0.3) is 23.5 Å². The van der Waals surface area contributed by atoms with E-state index in [4.69, 9.17) is 0 Å². The Bertz CT molecular complexity index is 2050. The zero-order valence-corrected chi connectivity index (χ0v) is 26.4. The van der Waals surface area contributed by atoms with Crippen molar-refractivity contribution in [2.75, 3.05) is 0 Å². The zero-order valence-electron chi connectivity index (χ0n) is 25.6. The van der Waals surface area contributed by atoms with Crippen molar-refractivity contribution in [2.45, 2.75) is 52.8 Å². The molecule has 0 amide bonds. The van der Waals surface area contributed by atoms with E-state index in [9.17, 15) is 22.8 Å². The minimum atomic E-state index is -4.61. The summed E-state index contributed by atoms with van der Waals surface area (Å²) >= 11 is 0.968. The molecule has 0 saturated carbocycles. The monoisotopic (exact) mass is 627 g/mol. The third-order valence-electron chi connectivity index (χ3n) is 7.36. The van der Waals surface area contributed by atoms with Crippen LogP contribution in [0.4, 0.5) is 13.2 Å². The zero-order chi connectivity index (χ0) is 32.5. The number of Topliss-reactive ketones (excluding diaryl/α,β-unsaturated/α-hetero) is 1. The Balaban J connectivity index is 1.67. The average molecular weight is 628 g/mol. The van der Waals surface area contributed by atoms with Gasteiger partial charge in [0.2, 0.25) is 0 Å². The highest BCUT2D eigenvalue weighted by Crippen LogP contribution is 2.34. The molecule has 9 heteroatoms. The van der Waals surface area contributed by atoms with Crippen molar-refractivity contribution in [3.05, 3.63) is 138 Å². The Morgan fingerprint density at radius 2 is 1.60 bits per heavy atom. The molecular formula is C36H32F3N3O2S. The fourth-order valence-corrected chi connectivity index (χ4v) is 6.09. The summed E-state index contributed by atoms with van der Waals surface area (Å²) in [5, 5.41) is 0. The van der Waals surface area contributed by atoms with Crippen LogP contribution in [0, 0.1) is 13.8 Å². The van der Waals surface area contributed by atoms with Gasteiger partial charge in [-0.2, -0.15) is 13.2 Å². The molecule has 2 aromatic heterocycles. The standard InChI is InChI=1S/C36H32F3N3O2S/c1-22-10-9-13-26(32(22)36(37,38)39)19-30-34(44)42(21-28-18-23(2)40-33(41-28)25-11-7-6-8-12-25)31(45-30)20-29(43)24-14-16-27(17-15-24)35(3,4)5/h6-20H,21H2,1-5H3/b30-19-,31-20-. The number of ketones is 1. The average Bonchev–Trinajstić information content (AvgIpc) is 3.25. The summed E-state index contributed by atoms with van der Waals surface area (Å²) in [5.41, 5.74) is 2.03. The van der Waals surface area contributed by atoms with Gasteiger partial charge in [-0.25, -0.2) is 9.97 Å². The first-order valence-electron chi connectivity index (χ1n) is 14.4. The van der Waals surface area contributed by atoms with Crippen LogP contribution in [0.15, 0.2) is 83.7 Å². The summed E-state index contributed by atoms with van der Waals surface area (Å²) in [6.07, 6.45) is -1.99. The van der Waals surface area contributed by atoms with Crippen LogP contribution in [0.3, 0.4) is 0 Å². The third-order valence-corrected chi connectivity index (χ3v) is 8.42. The minimum absolute atomic E-state index is 0.00557. The maximum atomic E-state index is 14.0. The maximum Gasteiger partial charge on any atom is 0.417 e. The van der Waals surface area contributed by atoms with E-state index in [1.54, 1.807) is 18.2 Å². The van der Waals surface area contributed by atoms with Gasteiger partial charge in [-0.05, 0) is 48.1 Å². The second-order valence-corrected chi connectivity index (χ2v) is 13.0. The smallest absolute Gasteiger partial charge is 0.293 e. The van der Waals surface area contributed by atoms with Crippen molar-refractivity contribution in [3.63, 3.8) is 0 Å². The van der Waals surface area contributed by atoms with Gasteiger partial charge in [-0.3, -0.25) is 14.2 Å². The molecule has 0 aliphatic rings. The molecule has 0 aliphatic carbocycles. The number of rotatable bonds is 6. The van der Waals surface area contributed by atoms with Crippen molar-refractivity contribution >= 4 is 29.3 Å². The second-order valence-electron chi connectivity index (χ2n) is 11.9. The van der Waals surface area contributed by atoms with E-state index in [1.807, 2.05) is 49.4 Å². The number of aryl methyl sites for hydroxylation is 2. The number of halogens is 3. The lowest BCUT2D eigenvalue weighted by Crippen LogP contribution is -2.32. The van der Waals surface area contributed by atoms with Crippen LogP contribution < -0.4 is 14.8 Å². The van der Waals surface area contributed by atoms with Crippen molar-refractivity contribution in [1.82, 2.24) is 14.5 Å². The van der Waals surface area contributed by atoms with E-state index >= 15 is 0 Å². The lowest BCUT2D eigenvalue weighted by atomic mass is 9.86. The number of alkyl halides is 3. The molecule has 0 bridgehead atoms. The number of nitrogens with zero attached hydrogens (tertiary/aromatic N) is 3. The number of thiazole rings is 1.